The lowest BCUT2D eigenvalue weighted by molar-refractivity contribution is 0.102. The van der Waals surface area contributed by atoms with Crippen molar-refractivity contribution in [2.24, 2.45) is 0 Å². The summed E-state index contributed by atoms with van der Waals surface area (Å²) in [4.78, 5) is 16.9. The van der Waals surface area contributed by atoms with E-state index in [-0.39, 0.29) is 5.91 Å². The molecule has 0 fully saturated rings. The molecule has 3 rings (SSSR count). The summed E-state index contributed by atoms with van der Waals surface area (Å²) in [7, 11) is 0. The molecule has 0 aliphatic carbocycles. The highest BCUT2D eigenvalue weighted by Gasteiger charge is 2.09. The van der Waals surface area contributed by atoms with Gasteiger partial charge in [0.25, 0.3) is 5.91 Å². The monoisotopic (exact) mass is 361 g/mol. The van der Waals surface area contributed by atoms with E-state index in [2.05, 4.69) is 28.6 Å². The number of amides is 1. The van der Waals surface area contributed by atoms with E-state index in [1.807, 2.05) is 50.2 Å². The van der Waals surface area contributed by atoms with E-state index in [4.69, 9.17) is 4.74 Å². The molecule has 0 aliphatic heterocycles. The van der Waals surface area contributed by atoms with Crippen molar-refractivity contribution >= 4 is 23.1 Å². The standard InChI is InChI=1S/C22H23N3O2/c1-4-27-19-8-6-18(7-9-19)24-22(26)17-11-12-23-21(14-17)25-20-10-5-15(2)13-16(20)3/h5-14H,4H2,1-3H3,(H,23,25)(H,24,26). The molecule has 138 valence electrons. The first kappa shape index (κ1) is 18.5. The van der Waals surface area contributed by atoms with Crippen LogP contribution in [0.1, 0.15) is 28.4 Å². The number of pyridine rings is 1. The number of carbonyl (C=O) groups is 1. The number of aryl methyl sites for hydroxylation is 2. The fraction of sp³-hybridized carbons (Fsp3) is 0.182. The number of anilines is 3. The molecule has 27 heavy (non-hydrogen) atoms. The van der Waals surface area contributed by atoms with Gasteiger partial charge in [-0.1, -0.05) is 17.7 Å². The molecule has 3 aromatic rings. The smallest absolute Gasteiger partial charge is 0.255 e. The van der Waals surface area contributed by atoms with Gasteiger partial charge in [0.1, 0.15) is 11.6 Å². The Hall–Kier alpha value is -3.34. The molecule has 5 heteroatoms. The summed E-state index contributed by atoms with van der Waals surface area (Å²) in [6.45, 7) is 6.64. The number of hydrogen-bond donors (Lipinski definition) is 2. The Morgan fingerprint density at radius 1 is 1.04 bits per heavy atom. The first-order valence-corrected chi connectivity index (χ1v) is 8.89. The Morgan fingerprint density at radius 2 is 1.81 bits per heavy atom. The van der Waals surface area contributed by atoms with Gasteiger partial charge in [-0.05, 0) is 68.8 Å². The fourth-order valence-corrected chi connectivity index (χ4v) is 2.74. The first-order chi connectivity index (χ1) is 13.0. The minimum absolute atomic E-state index is 0.190. The molecule has 1 heterocycles. The van der Waals surface area contributed by atoms with Crippen molar-refractivity contribution in [3.05, 3.63) is 77.5 Å². The molecular formula is C22H23N3O2. The Morgan fingerprint density at radius 3 is 2.52 bits per heavy atom. The molecule has 0 unspecified atom stereocenters. The Balaban J connectivity index is 1.71. The number of nitrogens with one attached hydrogen (secondary N) is 2. The average molecular weight is 361 g/mol. The highest BCUT2D eigenvalue weighted by Crippen LogP contribution is 2.21. The molecule has 1 amide bonds. The van der Waals surface area contributed by atoms with Crippen molar-refractivity contribution in [2.75, 3.05) is 17.2 Å². The van der Waals surface area contributed by atoms with Crippen LogP contribution in [0.2, 0.25) is 0 Å². The van der Waals surface area contributed by atoms with Crippen molar-refractivity contribution in [3.8, 4) is 5.75 Å². The molecule has 0 radical (unpaired) electrons. The number of ether oxygens (including phenoxy) is 1. The van der Waals surface area contributed by atoms with Crippen LogP contribution in [-0.2, 0) is 0 Å². The summed E-state index contributed by atoms with van der Waals surface area (Å²) in [6, 6.07) is 16.9. The molecule has 0 aliphatic rings. The first-order valence-electron chi connectivity index (χ1n) is 8.89. The van der Waals surface area contributed by atoms with Crippen molar-refractivity contribution in [1.29, 1.82) is 0 Å². The van der Waals surface area contributed by atoms with E-state index < -0.39 is 0 Å². The zero-order valence-electron chi connectivity index (χ0n) is 15.7. The van der Waals surface area contributed by atoms with Crippen molar-refractivity contribution in [2.45, 2.75) is 20.8 Å². The highest BCUT2D eigenvalue weighted by molar-refractivity contribution is 6.04. The molecule has 2 N–H and O–H groups in total. The second-order valence-electron chi connectivity index (χ2n) is 6.28. The second kappa shape index (κ2) is 8.36. The normalized spacial score (nSPS) is 10.3. The van der Waals surface area contributed by atoms with Gasteiger partial charge >= 0.3 is 0 Å². The predicted molar refractivity (Wildman–Crippen MR) is 109 cm³/mol. The highest BCUT2D eigenvalue weighted by atomic mass is 16.5. The third-order valence-electron chi connectivity index (χ3n) is 4.09. The number of nitrogens with zero attached hydrogens (tertiary/aromatic N) is 1. The van der Waals surface area contributed by atoms with Crippen LogP contribution >= 0.6 is 0 Å². The molecule has 0 saturated heterocycles. The van der Waals surface area contributed by atoms with Crippen LogP contribution in [0.15, 0.2) is 60.8 Å². The van der Waals surface area contributed by atoms with Crippen LogP contribution in [-0.4, -0.2) is 17.5 Å². The largest absolute Gasteiger partial charge is 0.494 e. The number of carbonyl (C=O) groups excluding carboxylic acids is 1. The molecule has 1 aromatic heterocycles. The van der Waals surface area contributed by atoms with Gasteiger partial charge in [-0.3, -0.25) is 4.79 Å². The summed E-state index contributed by atoms with van der Waals surface area (Å²) in [6.07, 6.45) is 1.62. The van der Waals surface area contributed by atoms with Gasteiger partial charge in [0.05, 0.1) is 6.61 Å². The lowest BCUT2D eigenvalue weighted by Crippen LogP contribution is -2.12. The SMILES string of the molecule is CCOc1ccc(NC(=O)c2ccnc(Nc3ccc(C)cc3C)c2)cc1. The maximum Gasteiger partial charge on any atom is 0.255 e. The summed E-state index contributed by atoms with van der Waals surface area (Å²) in [5.74, 6) is 1.21. The van der Waals surface area contributed by atoms with Crippen LogP contribution in [0.3, 0.4) is 0 Å². The van der Waals surface area contributed by atoms with E-state index >= 15 is 0 Å². The molecule has 5 nitrogen and oxygen atoms in total. The minimum atomic E-state index is -0.190. The Labute approximate surface area is 159 Å². The van der Waals surface area contributed by atoms with Crippen LogP contribution in [0.4, 0.5) is 17.2 Å². The van der Waals surface area contributed by atoms with Gasteiger partial charge in [0, 0.05) is 23.1 Å². The second-order valence-corrected chi connectivity index (χ2v) is 6.28. The topological polar surface area (TPSA) is 63.2 Å². The van der Waals surface area contributed by atoms with Gasteiger partial charge in [0.15, 0.2) is 0 Å². The van der Waals surface area contributed by atoms with Gasteiger partial charge in [-0.25, -0.2) is 4.98 Å². The zero-order valence-corrected chi connectivity index (χ0v) is 15.7. The molecule has 0 saturated carbocycles. The van der Waals surface area contributed by atoms with E-state index in [0.29, 0.717) is 23.7 Å². The zero-order chi connectivity index (χ0) is 19.2. The minimum Gasteiger partial charge on any atom is -0.494 e. The van der Waals surface area contributed by atoms with E-state index in [9.17, 15) is 4.79 Å². The van der Waals surface area contributed by atoms with Crippen LogP contribution in [0, 0.1) is 13.8 Å². The van der Waals surface area contributed by atoms with E-state index in [1.165, 1.54) is 5.56 Å². The number of hydrogen-bond acceptors (Lipinski definition) is 4. The summed E-state index contributed by atoms with van der Waals surface area (Å²) in [5, 5.41) is 6.16. The van der Waals surface area contributed by atoms with Crippen LogP contribution < -0.4 is 15.4 Å². The molecule has 0 atom stereocenters. The number of rotatable bonds is 6. The van der Waals surface area contributed by atoms with Crippen LogP contribution in [0.5, 0.6) is 5.75 Å². The number of benzene rings is 2. The molecule has 0 spiro atoms. The Kier molecular flexibility index (Phi) is 5.71. The molecule has 2 aromatic carbocycles. The third kappa shape index (κ3) is 4.85. The quantitative estimate of drug-likeness (QED) is 0.642. The van der Waals surface area contributed by atoms with Gasteiger partial charge in [-0.2, -0.15) is 0 Å². The fourth-order valence-electron chi connectivity index (χ4n) is 2.74. The van der Waals surface area contributed by atoms with Crippen molar-refractivity contribution < 1.29 is 9.53 Å². The Bertz CT molecular complexity index is 937. The van der Waals surface area contributed by atoms with Crippen LogP contribution in [0.25, 0.3) is 0 Å². The summed E-state index contributed by atoms with van der Waals surface area (Å²) >= 11 is 0. The lowest BCUT2D eigenvalue weighted by atomic mass is 10.1. The van der Waals surface area contributed by atoms with E-state index in [0.717, 1.165) is 17.0 Å². The van der Waals surface area contributed by atoms with Gasteiger partial charge in [0.2, 0.25) is 0 Å². The third-order valence-corrected chi connectivity index (χ3v) is 4.09. The van der Waals surface area contributed by atoms with Gasteiger partial charge < -0.3 is 15.4 Å². The maximum atomic E-state index is 12.5. The maximum absolute atomic E-state index is 12.5. The van der Waals surface area contributed by atoms with E-state index in [1.54, 1.807) is 18.3 Å². The predicted octanol–water partition coefficient (Wildman–Crippen LogP) is 5.09. The van der Waals surface area contributed by atoms with Gasteiger partial charge in [-0.15, -0.1) is 0 Å². The summed E-state index contributed by atoms with van der Waals surface area (Å²) < 4.78 is 5.41. The average Bonchev–Trinajstić information content (AvgIpc) is 2.66. The number of aromatic nitrogens is 1. The summed E-state index contributed by atoms with van der Waals surface area (Å²) in [5.41, 5.74) is 4.54. The molecule has 0 bridgehead atoms. The van der Waals surface area contributed by atoms with Crippen molar-refractivity contribution in [3.63, 3.8) is 0 Å². The van der Waals surface area contributed by atoms with Crippen molar-refractivity contribution in [1.82, 2.24) is 4.98 Å². The lowest BCUT2D eigenvalue weighted by Gasteiger charge is -2.11. The molecular weight excluding hydrogens is 338 g/mol.